The smallest absolute Gasteiger partial charge is 0.0535 e. The van der Waals surface area contributed by atoms with Gasteiger partial charge in [0.1, 0.15) is 0 Å². The predicted octanol–water partition coefficient (Wildman–Crippen LogP) is 7.17. The maximum Gasteiger partial charge on any atom is 0.0535 e. The van der Waals surface area contributed by atoms with Gasteiger partial charge in [-0.25, -0.2) is 0 Å². The van der Waals surface area contributed by atoms with Crippen molar-refractivity contribution in [2.75, 3.05) is 0 Å². The lowest BCUT2D eigenvalue weighted by Crippen LogP contribution is -2.10. The van der Waals surface area contributed by atoms with E-state index in [1.54, 1.807) is 11.3 Å². The zero-order valence-electron chi connectivity index (χ0n) is 15.4. The quantitative estimate of drug-likeness (QED) is 0.366. The molecule has 0 unspecified atom stereocenters. The molecule has 4 aromatic rings. The SMILES string of the molecule is CC(C)(C)c1ccc(-c2cc(-c3cccs3)cn2-c2ccccc2)cc1. The van der Waals surface area contributed by atoms with E-state index in [1.165, 1.54) is 32.9 Å². The van der Waals surface area contributed by atoms with Crippen LogP contribution in [0.5, 0.6) is 0 Å². The van der Waals surface area contributed by atoms with Crippen molar-refractivity contribution in [3.05, 3.63) is 89.9 Å². The van der Waals surface area contributed by atoms with Crippen molar-refractivity contribution in [2.45, 2.75) is 26.2 Å². The third kappa shape index (κ3) is 3.25. The minimum absolute atomic E-state index is 0.169. The number of thiophene rings is 1. The highest BCUT2D eigenvalue weighted by Crippen LogP contribution is 2.34. The minimum atomic E-state index is 0.169. The molecule has 0 amide bonds. The van der Waals surface area contributed by atoms with Crippen molar-refractivity contribution in [1.29, 1.82) is 0 Å². The van der Waals surface area contributed by atoms with Crippen LogP contribution in [0.3, 0.4) is 0 Å². The van der Waals surface area contributed by atoms with E-state index in [4.69, 9.17) is 0 Å². The van der Waals surface area contributed by atoms with Crippen LogP contribution < -0.4 is 0 Å². The second-order valence-corrected chi connectivity index (χ2v) is 8.57. The number of para-hydroxylation sites is 1. The Morgan fingerprint density at radius 3 is 2.12 bits per heavy atom. The van der Waals surface area contributed by atoms with E-state index >= 15 is 0 Å². The zero-order valence-corrected chi connectivity index (χ0v) is 16.3. The first-order valence-corrected chi connectivity index (χ1v) is 9.83. The molecule has 0 saturated heterocycles. The van der Waals surface area contributed by atoms with E-state index in [0.717, 1.165) is 0 Å². The molecule has 2 aromatic carbocycles. The van der Waals surface area contributed by atoms with Crippen LogP contribution in [-0.2, 0) is 5.41 Å². The second kappa shape index (κ2) is 6.62. The Balaban J connectivity index is 1.84. The Morgan fingerprint density at radius 1 is 0.769 bits per heavy atom. The molecular weight excluding hydrogens is 334 g/mol. The highest BCUT2D eigenvalue weighted by atomic mass is 32.1. The summed E-state index contributed by atoms with van der Waals surface area (Å²) in [5, 5.41) is 2.13. The van der Waals surface area contributed by atoms with Gasteiger partial charge in [0.2, 0.25) is 0 Å². The van der Waals surface area contributed by atoms with Crippen molar-refractivity contribution in [2.24, 2.45) is 0 Å². The van der Waals surface area contributed by atoms with Crippen LogP contribution in [-0.4, -0.2) is 4.57 Å². The molecule has 0 aliphatic rings. The van der Waals surface area contributed by atoms with E-state index in [-0.39, 0.29) is 5.41 Å². The van der Waals surface area contributed by atoms with Gasteiger partial charge in [-0.2, -0.15) is 0 Å². The summed E-state index contributed by atoms with van der Waals surface area (Å²) in [6, 6.07) is 26.1. The van der Waals surface area contributed by atoms with E-state index in [2.05, 4.69) is 110 Å². The summed E-state index contributed by atoms with van der Waals surface area (Å²) in [5.74, 6) is 0. The van der Waals surface area contributed by atoms with Gasteiger partial charge in [0.05, 0.1) is 5.69 Å². The fourth-order valence-corrected chi connectivity index (χ4v) is 3.91. The summed E-state index contributed by atoms with van der Waals surface area (Å²) in [5.41, 5.74) is 6.44. The molecule has 0 atom stereocenters. The lowest BCUT2D eigenvalue weighted by Gasteiger charge is -2.19. The Bertz CT molecular complexity index is 985. The summed E-state index contributed by atoms with van der Waals surface area (Å²) >= 11 is 1.78. The molecule has 0 bridgehead atoms. The van der Waals surface area contributed by atoms with E-state index < -0.39 is 0 Å². The van der Waals surface area contributed by atoms with Gasteiger partial charge in [-0.1, -0.05) is 69.3 Å². The Labute approximate surface area is 159 Å². The largest absolute Gasteiger partial charge is 0.316 e. The van der Waals surface area contributed by atoms with Crippen molar-refractivity contribution < 1.29 is 0 Å². The van der Waals surface area contributed by atoms with Gasteiger partial charge in [0.25, 0.3) is 0 Å². The third-order valence-electron chi connectivity index (χ3n) is 4.71. The number of benzene rings is 2. The average molecular weight is 358 g/mol. The topological polar surface area (TPSA) is 4.93 Å². The van der Waals surface area contributed by atoms with Crippen molar-refractivity contribution >= 4 is 11.3 Å². The highest BCUT2D eigenvalue weighted by Gasteiger charge is 2.15. The van der Waals surface area contributed by atoms with Crippen LogP contribution >= 0.6 is 11.3 Å². The first-order valence-electron chi connectivity index (χ1n) is 8.95. The number of hydrogen-bond donors (Lipinski definition) is 0. The van der Waals surface area contributed by atoms with Gasteiger partial charge in [0, 0.05) is 22.3 Å². The summed E-state index contributed by atoms with van der Waals surface area (Å²) in [4.78, 5) is 1.30. The maximum absolute atomic E-state index is 2.30. The van der Waals surface area contributed by atoms with Gasteiger partial charge in [0.15, 0.2) is 0 Å². The fraction of sp³-hybridized carbons (Fsp3) is 0.167. The summed E-state index contributed by atoms with van der Waals surface area (Å²) < 4.78 is 2.29. The molecule has 2 aromatic heterocycles. The number of rotatable bonds is 3. The summed E-state index contributed by atoms with van der Waals surface area (Å²) in [6.45, 7) is 6.76. The first-order chi connectivity index (χ1) is 12.5. The molecule has 2 heterocycles. The second-order valence-electron chi connectivity index (χ2n) is 7.62. The maximum atomic E-state index is 2.30. The van der Waals surface area contributed by atoms with Crippen LogP contribution in [0.2, 0.25) is 0 Å². The monoisotopic (exact) mass is 357 g/mol. The molecule has 0 N–H and O–H groups in total. The lowest BCUT2D eigenvalue weighted by atomic mass is 9.86. The summed E-state index contributed by atoms with van der Waals surface area (Å²) in [6.07, 6.45) is 2.24. The van der Waals surface area contributed by atoms with E-state index in [0.29, 0.717) is 0 Å². The molecule has 1 nitrogen and oxygen atoms in total. The average Bonchev–Trinajstić information content (AvgIpc) is 3.31. The molecule has 2 heteroatoms. The molecule has 0 fully saturated rings. The van der Waals surface area contributed by atoms with Gasteiger partial charge >= 0.3 is 0 Å². The Kier molecular flexibility index (Phi) is 4.29. The minimum Gasteiger partial charge on any atom is -0.316 e. The molecular formula is C24H23NS. The molecule has 130 valence electrons. The first kappa shape index (κ1) is 16.9. The fourth-order valence-electron chi connectivity index (χ4n) is 3.21. The lowest BCUT2D eigenvalue weighted by molar-refractivity contribution is 0.590. The summed E-state index contributed by atoms with van der Waals surface area (Å²) in [7, 11) is 0. The molecule has 0 aliphatic heterocycles. The Morgan fingerprint density at radius 2 is 1.50 bits per heavy atom. The Hall–Kier alpha value is -2.58. The van der Waals surface area contributed by atoms with Gasteiger partial charge in [-0.3, -0.25) is 0 Å². The van der Waals surface area contributed by atoms with Crippen LogP contribution in [0, 0.1) is 0 Å². The zero-order chi connectivity index (χ0) is 18.1. The van der Waals surface area contributed by atoms with E-state index in [9.17, 15) is 0 Å². The van der Waals surface area contributed by atoms with Crippen LogP contribution in [0.15, 0.2) is 84.4 Å². The molecule has 26 heavy (non-hydrogen) atoms. The van der Waals surface area contributed by atoms with Crippen LogP contribution in [0.1, 0.15) is 26.3 Å². The number of aromatic nitrogens is 1. The number of hydrogen-bond acceptors (Lipinski definition) is 1. The van der Waals surface area contributed by atoms with Crippen molar-refractivity contribution in [1.82, 2.24) is 4.57 Å². The molecule has 0 saturated carbocycles. The number of nitrogens with zero attached hydrogens (tertiary/aromatic N) is 1. The van der Waals surface area contributed by atoms with Gasteiger partial charge in [-0.15, -0.1) is 11.3 Å². The third-order valence-corrected chi connectivity index (χ3v) is 5.63. The normalized spacial score (nSPS) is 11.7. The molecule has 0 spiro atoms. The highest BCUT2D eigenvalue weighted by molar-refractivity contribution is 7.13. The van der Waals surface area contributed by atoms with Crippen molar-refractivity contribution in [3.8, 4) is 27.4 Å². The molecule has 4 rings (SSSR count). The molecule has 0 aliphatic carbocycles. The predicted molar refractivity (Wildman–Crippen MR) is 113 cm³/mol. The van der Waals surface area contributed by atoms with Crippen LogP contribution in [0.25, 0.3) is 27.4 Å². The van der Waals surface area contributed by atoms with Crippen LogP contribution in [0.4, 0.5) is 0 Å². The van der Waals surface area contributed by atoms with Gasteiger partial charge in [-0.05, 0) is 46.2 Å². The van der Waals surface area contributed by atoms with Crippen molar-refractivity contribution in [3.63, 3.8) is 0 Å². The van der Waals surface area contributed by atoms with E-state index in [1.807, 2.05) is 0 Å². The van der Waals surface area contributed by atoms with Gasteiger partial charge < -0.3 is 4.57 Å². The molecule has 0 radical (unpaired) electrons. The standard InChI is InChI=1S/C24H23NS/c1-24(2,3)20-13-11-18(12-14-20)22-16-19(23-10-7-15-26-23)17-25(22)21-8-5-4-6-9-21/h4-17H,1-3H3.